The molecule has 2 rings (SSSR count). The second-order valence-corrected chi connectivity index (χ2v) is 5.84. The van der Waals surface area contributed by atoms with E-state index in [2.05, 4.69) is 34.4 Å². The van der Waals surface area contributed by atoms with Gasteiger partial charge in [-0.25, -0.2) is 14.8 Å². The predicted molar refractivity (Wildman–Crippen MR) is 84.6 cm³/mol. The first-order valence-corrected chi connectivity index (χ1v) is 7.95. The maximum Gasteiger partial charge on any atom is 0.321 e. The quantitative estimate of drug-likeness (QED) is 0.862. The predicted octanol–water partition coefficient (Wildman–Crippen LogP) is 2.71. The number of hydrogen-bond donors (Lipinski definition) is 2. The van der Waals surface area contributed by atoms with Gasteiger partial charge in [-0.15, -0.1) is 11.3 Å². The fraction of sp³-hybridized carbons (Fsp3) is 0.500. The number of carbonyl (C=O) groups excluding carboxylic acids is 1. The van der Waals surface area contributed by atoms with Crippen LogP contribution in [0.5, 0.6) is 0 Å². The Morgan fingerprint density at radius 2 is 2.24 bits per heavy atom. The molecule has 7 heteroatoms. The van der Waals surface area contributed by atoms with Crippen LogP contribution in [0.3, 0.4) is 0 Å². The largest absolute Gasteiger partial charge is 0.337 e. The van der Waals surface area contributed by atoms with Gasteiger partial charge in [0.1, 0.15) is 5.82 Å². The molecule has 0 bridgehead atoms. The molecule has 0 unspecified atom stereocenters. The van der Waals surface area contributed by atoms with Gasteiger partial charge in [0.2, 0.25) is 0 Å². The summed E-state index contributed by atoms with van der Waals surface area (Å²) in [4.78, 5) is 21.8. The maximum absolute atomic E-state index is 11.9. The fourth-order valence-electron chi connectivity index (χ4n) is 2.01. The van der Waals surface area contributed by atoms with E-state index in [9.17, 15) is 4.79 Å². The van der Waals surface area contributed by atoms with Gasteiger partial charge in [0.15, 0.2) is 5.13 Å². The highest BCUT2D eigenvalue weighted by atomic mass is 32.1. The Kier molecular flexibility index (Phi) is 5.32. The first-order valence-electron chi connectivity index (χ1n) is 7.13. The normalized spacial score (nSPS) is 10.6. The van der Waals surface area contributed by atoms with Crippen molar-refractivity contribution in [1.29, 1.82) is 0 Å². The Labute approximate surface area is 128 Å². The second-order valence-electron chi connectivity index (χ2n) is 4.75. The minimum absolute atomic E-state index is 0.252. The molecule has 0 aliphatic rings. The van der Waals surface area contributed by atoms with E-state index in [0.717, 1.165) is 30.8 Å². The van der Waals surface area contributed by atoms with Crippen molar-refractivity contribution in [3.8, 4) is 0 Å². The Balaban J connectivity index is 1.91. The third kappa shape index (κ3) is 4.04. The Bertz CT molecular complexity index is 604. The van der Waals surface area contributed by atoms with E-state index in [-0.39, 0.29) is 6.03 Å². The van der Waals surface area contributed by atoms with E-state index in [1.54, 1.807) is 17.5 Å². The molecule has 2 aromatic rings. The summed E-state index contributed by atoms with van der Waals surface area (Å²) in [6, 6.07) is -0.252. The molecule has 0 saturated carbocycles. The summed E-state index contributed by atoms with van der Waals surface area (Å²) in [6.45, 7) is 4.63. The molecular weight excluding hydrogens is 286 g/mol. The zero-order chi connectivity index (χ0) is 15.2. The molecule has 0 aliphatic heterocycles. The first-order chi connectivity index (χ1) is 10.1. The number of carbonyl (C=O) groups is 1. The van der Waals surface area contributed by atoms with Gasteiger partial charge in [-0.3, -0.25) is 5.32 Å². The summed E-state index contributed by atoms with van der Waals surface area (Å²) in [7, 11) is 1.90. The minimum Gasteiger partial charge on any atom is -0.337 e. The topological polar surface area (TPSA) is 71.8 Å². The summed E-state index contributed by atoms with van der Waals surface area (Å²) in [5, 5.41) is 6.24. The van der Waals surface area contributed by atoms with Crippen molar-refractivity contribution < 1.29 is 4.79 Å². The number of urea groups is 1. The molecule has 2 amide bonds. The van der Waals surface area contributed by atoms with Gasteiger partial charge >= 0.3 is 6.03 Å². The minimum atomic E-state index is -0.252. The Hall–Kier alpha value is -1.89. The van der Waals surface area contributed by atoms with Crippen LogP contribution in [0.2, 0.25) is 0 Å². The van der Waals surface area contributed by atoms with Crippen molar-refractivity contribution in [3.63, 3.8) is 0 Å². The molecule has 0 atom stereocenters. The smallest absolute Gasteiger partial charge is 0.321 e. The number of imidazole rings is 1. The fourth-order valence-corrected chi connectivity index (χ4v) is 2.96. The number of amides is 2. The zero-order valence-corrected chi connectivity index (χ0v) is 13.5. The van der Waals surface area contributed by atoms with Crippen molar-refractivity contribution in [1.82, 2.24) is 19.9 Å². The summed E-state index contributed by atoms with van der Waals surface area (Å²) < 4.78 is 1.87. The average Bonchev–Trinajstić information content (AvgIpc) is 3.03. The summed E-state index contributed by atoms with van der Waals surface area (Å²) in [5.41, 5.74) is 1.10. The van der Waals surface area contributed by atoms with Crippen LogP contribution < -0.4 is 10.6 Å². The van der Waals surface area contributed by atoms with Crippen LogP contribution in [0.1, 0.15) is 36.7 Å². The van der Waals surface area contributed by atoms with Crippen LogP contribution in [0, 0.1) is 0 Å². The number of aryl methyl sites for hydroxylation is 3. The van der Waals surface area contributed by atoms with Gasteiger partial charge in [-0.05, 0) is 12.8 Å². The van der Waals surface area contributed by atoms with Gasteiger partial charge < -0.3 is 9.88 Å². The summed E-state index contributed by atoms with van der Waals surface area (Å²) >= 11 is 1.55. The number of rotatable bonds is 6. The van der Waals surface area contributed by atoms with Gasteiger partial charge in [-0.1, -0.05) is 20.3 Å². The molecule has 2 aromatic heterocycles. The molecule has 114 valence electrons. The van der Waals surface area contributed by atoms with Gasteiger partial charge in [-0.2, -0.15) is 0 Å². The third-order valence-corrected chi connectivity index (χ3v) is 4.29. The maximum atomic E-state index is 11.9. The number of hydrogen-bond acceptors (Lipinski definition) is 4. The monoisotopic (exact) mass is 307 g/mol. The molecule has 0 fully saturated rings. The standard InChI is InChI=1S/C14H21N5OS/c1-4-6-10-11(5-2)21-14(17-10)18-13(20)16-9-12-15-7-8-19(12)3/h7-8H,4-6,9H2,1-3H3,(H2,16,17,18,20). The van der Waals surface area contributed by atoms with Crippen molar-refractivity contribution in [2.75, 3.05) is 5.32 Å². The lowest BCUT2D eigenvalue weighted by atomic mass is 10.2. The van der Waals surface area contributed by atoms with Crippen LogP contribution in [0.25, 0.3) is 0 Å². The van der Waals surface area contributed by atoms with Crippen molar-refractivity contribution >= 4 is 22.5 Å². The molecule has 2 N–H and O–H groups in total. The third-order valence-electron chi connectivity index (χ3n) is 3.13. The van der Waals surface area contributed by atoms with E-state index in [0.29, 0.717) is 11.7 Å². The lowest BCUT2D eigenvalue weighted by Crippen LogP contribution is -2.29. The van der Waals surface area contributed by atoms with Crippen LogP contribution in [-0.2, 0) is 26.4 Å². The molecule has 0 aliphatic carbocycles. The van der Waals surface area contributed by atoms with E-state index < -0.39 is 0 Å². The lowest BCUT2D eigenvalue weighted by molar-refractivity contribution is 0.251. The number of nitrogens with one attached hydrogen (secondary N) is 2. The highest BCUT2D eigenvalue weighted by Gasteiger charge is 2.11. The van der Waals surface area contributed by atoms with Crippen LogP contribution in [0.4, 0.5) is 9.93 Å². The summed E-state index contributed by atoms with van der Waals surface area (Å²) in [5.74, 6) is 0.810. The lowest BCUT2D eigenvalue weighted by Gasteiger charge is -2.05. The van der Waals surface area contributed by atoms with Crippen molar-refractivity contribution in [2.24, 2.45) is 7.05 Å². The molecule has 0 saturated heterocycles. The van der Waals surface area contributed by atoms with Crippen molar-refractivity contribution in [2.45, 2.75) is 39.7 Å². The number of thiazole rings is 1. The zero-order valence-electron chi connectivity index (χ0n) is 12.6. The Morgan fingerprint density at radius 3 is 2.86 bits per heavy atom. The molecule has 2 heterocycles. The van der Waals surface area contributed by atoms with Gasteiger partial charge in [0.25, 0.3) is 0 Å². The van der Waals surface area contributed by atoms with E-state index >= 15 is 0 Å². The molecule has 0 aromatic carbocycles. The molecule has 6 nitrogen and oxygen atoms in total. The SMILES string of the molecule is CCCc1nc(NC(=O)NCc2nccn2C)sc1CC. The van der Waals surface area contributed by atoms with Gasteiger partial charge in [0.05, 0.1) is 12.2 Å². The van der Waals surface area contributed by atoms with Crippen LogP contribution in [-0.4, -0.2) is 20.6 Å². The van der Waals surface area contributed by atoms with Crippen LogP contribution in [0.15, 0.2) is 12.4 Å². The molecule has 0 spiro atoms. The van der Waals surface area contributed by atoms with Gasteiger partial charge in [0, 0.05) is 24.3 Å². The van der Waals surface area contributed by atoms with Crippen molar-refractivity contribution in [3.05, 3.63) is 28.8 Å². The van der Waals surface area contributed by atoms with Crippen LogP contribution >= 0.6 is 11.3 Å². The summed E-state index contributed by atoms with van der Waals surface area (Å²) in [6.07, 6.45) is 6.52. The number of nitrogens with zero attached hydrogens (tertiary/aromatic N) is 3. The first kappa shape index (κ1) is 15.5. The number of anilines is 1. The number of aromatic nitrogens is 3. The Morgan fingerprint density at radius 1 is 1.43 bits per heavy atom. The van der Waals surface area contributed by atoms with E-state index in [4.69, 9.17) is 0 Å². The molecule has 0 radical (unpaired) electrons. The second kappa shape index (κ2) is 7.21. The highest BCUT2D eigenvalue weighted by molar-refractivity contribution is 7.15. The molecule has 21 heavy (non-hydrogen) atoms. The highest BCUT2D eigenvalue weighted by Crippen LogP contribution is 2.24. The van der Waals surface area contributed by atoms with E-state index in [1.165, 1.54) is 4.88 Å². The molecular formula is C14H21N5OS. The average molecular weight is 307 g/mol. The van der Waals surface area contributed by atoms with E-state index in [1.807, 2.05) is 17.8 Å².